The normalized spacial score (nSPS) is 13.8. The molecule has 10 nitrogen and oxygen atoms in total. The maximum absolute atomic E-state index is 13.6. The van der Waals surface area contributed by atoms with Crippen LogP contribution in [-0.2, 0) is 9.53 Å². The Morgan fingerprint density at radius 1 is 1.36 bits per heavy atom. The highest BCUT2D eigenvalue weighted by atomic mass is 32.1. The number of halogens is 1. The Hall–Kier alpha value is -3.38. The van der Waals surface area contributed by atoms with Crippen molar-refractivity contribution in [2.24, 2.45) is 5.92 Å². The molecule has 3 aromatic heterocycles. The second-order valence-corrected chi connectivity index (χ2v) is 8.42. The summed E-state index contributed by atoms with van der Waals surface area (Å²) in [5.41, 5.74) is -0.418. The van der Waals surface area contributed by atoms with E-state index in [1.54, 1.807) is 13.0 Å². The second kappa shape index (κ2) is 9.24. The molecule has 4 rings (SSSR count). The highest BCUT2D eigenvalue weighted by Gasteiger charge is 2.34. The number of aromatic carboxylic acids is 1. The molecule has 0 aromatic carbocycles. The van der Waals surface area contributed by atoms with Gasteiger partial charge < -0.3 is 20.1 Å². The number of fused-ring (bicyclic) bond motifs is 1. The van der Waals surface area contributed by atoms with E-state index in [9.17, 15) is 23.9 Å². The summed E-state index contributed by atoms with van der Waals surface area (Å²) in [5, 5.41) is 13.8. The third-order valence-electron chi connectivity index (χ3n) is 5.37. The fourth-order valence-corrected chi connectivity index (χ4v) is 4.31. The van der Waals surface area contributed by atoms with Crippen molar-refractivity contribution >= 4 is 40.1 Å². The number of anilines is 1. The van der Waals surface area contributed by atoms with E-state index in [1.807, 2.05) is 11.8 Å². The number of hydrogen-bond acceptors (Lipinski definition) is 8. The molecule has 1 amide bonds. The van der Waals surface area contributed by atoms with Crippen molar-refractivity contribution in [3.63, 3.8) is 0 Å². The molecule has 1 aliphatic rings. The molecule has 3 aromatic rings. The first-order chi connectivity index (χ1) is 15.8. The fraction of sp³-hybridized carbons (Fsp3) is 0.381. The third-order valence-corrected chi connectivity index (χ3v) is 6.18. The number of aromatic nitrogens is 3. The van der Waals surface area contributed by atoms with Crippen LogP contribution in [0.2, 0.25) is 0 Å². The molecule has 0 spiro atoms. The van der Waals surface area contributed by atoms with Gasteiger partial charge in [-0.3, -0.25) is 14.2 Å². The van der Waals surface area contributed by atoms with Gasteiger partial charge in [0.05, 0.1) is 17.9 Å². The van der Waals surface area contributed by atoms with Crippen molar-refractivity contribution in [1.82, 2.24) is 19.9 Å². The Balaban J connectivity index is 1.66. The zero-order valence-electron chi connectivity index (χ0n) is 18.0. The number of nitrogens with zero attached hydrogens (tertiary/aromatic N) is 4. The number of ether oxygens (including phenoxy) is 1. The van der Waals surface area contributed by atoms with Crippen LogP contribution < -0.4 is 15.6 Å². The molecule has 0 bridgehead atoms. The van der Waals surface area contributed by atoms with Crippen LogP contribution >= 0.6 is 11.3 Å². The molecule has 174 valence electrons. The Bertz CT molecular complexity index is 1280. The maximum Gasteiger partial charge on any atom is 0.341 e. The van der Waals surface area contributed by atoms with E-state index in [0.29, 0.717) is 44.2 Å². The Morgan fingerprint density at radius 2 is 2.12 bits per heavy atom. The molecular formula is C21H22FN5O5S. The number of rotatable bonds is 8. The van der Waals surface area contributed by atoms with E-state index in [4.69, 9.17) is 4.74 Å². The van der Waals surface area contributed by atoms with E-state index in [0.717, 1.165) is 17.5 Å². The highest BCUT2D eigenvalue weighted by molar-refractivity contribution is 7.12. The summed E-state index contributed by atoms with van der Waals surface area (Å²) < 4.78 is 20.1. The largest absolute Gasteiger partial charge is 0.477 e. The number of thiazole rings is 1. The van der Waals surface area contributed by atoms with Crippen molar-refractivity contribution in [1.29, 1.82) is 0 Å². The highest BCUT2D eigenvalue weighted by Crippen LogP contribution is 2.28. The molecule has 0 radical (unpaired) electrons. The van der Waals surface area contributed by atoms with Crippen molar-refractivity contribution < 1.29 is 23.8 Å². The predicted octanol–water partition coefficient (Wildman–Crippen LogP) is 1.58. The van der Waals surface area contributed by atoms with Gasteiger partial charge in [0, 0.05) is 37.8 Å². The van der Waals surface area contributed by atoms with Crippen LogP contribution in [0, 0.1) is 18.8 Å². The van der Waals surface area contributed by atoms with Crippen molar-refractivity contribution in [2.45, 2.75) is 13.8 Å². The number of carboxylic acids is 1. The number of carbonyl (C=O) groups excluding carboxylic acids is 1. The second-order valence-electron chi connectivity index (χ2n) is 7.59. The van der Waals surface area contributed by atoms with Crippen LogP contribution in [0.15, 0.2) is 22.4 Å². The lowest BCUT2D eigenvalue weighted by atomic mass is 9.98. The standard InChI is InChI=1S/C21H22FN5O5S/c1-3-32-5-4-23-19(29)12-7-26(8-12)15-6-11(2)16-17(28)13(20(30)31)9-27(18(16)25-15)21-24-14(22)10-33-21/h6,9-10,12H,3-5,7-8H2,1-2H3,(H,23,29)(H,30,31). The van der Waals surface area contributed by atoms with Crippen molar-refractivity contribution in [2.75, 3.05) is 37.7 Å². The van der Waals surface area contributed by atoms with E-state index < -0.39 is 22.9 Å². The summed E-state index contributed by atoms with van der Waals surface area (Å²) in [4.78, 5) is 47.0. The molecule has 0 unspecified atom stereocenters. The maximum atomic E-state index is 13.6. The van der Waals surface area contributed by atoms with Gasteiger partial charge in [-0.15, -0.1) is 11.3 Å². The average molecular weight is 476 g/mol. The number of carboxylic acid groups (broad SMARTS) is 1. The lowest BCUT2D eigenvalue weighted by Crippen LogP contribution is -2.54. The summed E-state index contributed by atoms with van der Waals surface area (Å²) >= 11 is 0.964. The van der Waals surface area contributed by atoms with Gasteiger partial charge in [0.25, 0.3) is 0 Å². The average Bonchev–Trinajstić information content (AvgIpc) is 3.16. The van der Waals surface area contributed by atoms with Gasteiger partial charge in [0.15, 0.2) is 10.8 Å². The number of hydrogen-bond donors (Lipinski definition) is 2. The van der Waals surface area contributed by atoms with Gasteiger partial charge in [-0.25, -0.2) is 9.78 Å². The van der Waals surface area contributed by atoms with Gasteiger partial charge in [0.2, 0.25) is 17.3 Å². The summed E-state index contributed by atoms with van der Waals surface area (Å²) in [6.07, 6.45) is 1.12. The van der Waals surface area contributed by atoms with Gasteiger partial charge in [0.1, 0.15) is 11.4 Å². The predicted molar refractivity (Wildman–Crippen MR) is 120 cm³/mol. The Morgan fingerprint density at radius 3 is 2.76 bits per heavy atom. The first-order valence-electron chi connectivity index (χ1n) is 10.3. The van der Waals surface area contributed by atoms with Crippen molar-refractivity contribution in [3.8, 4) is 5.13 Å². The number of aryl methyl sites for hydroxylation is 1. The zero-order chi connectivity index (χ0) is 23.7. The quantitative estimate of drug-likeness (QED) is 0.470. The minimum Gasteiger partial charge on any atom is -0.477 e. The molecule has 12 heteroatoms. The molecule has 2 N–H and O–H groups in total. The molecule has 4 heterocycles. The van der Waals surface area contributed by atoms with Crippen LogP contribution in [-0.4, -0.2) is 64.4 Å². The summed E-state index contributed by atoms with van der Waals surface area (Å²) in [5.74, 6) is -1.84. The van der Waals surface area contributed by atoms with Crippen molar-refractivity contribution in [3.05, 3.63) is 44.9 Å². The molecule has 1 aliphatic heterocycles. The van der Waals surface area contributed by atoms with Crippen LogP contribution in [0.3, 0.4) is 0 Å². The molecule has 33 heavy (non-hydrogen) atoms. The SMILES string of the molecule is CCOCCNC(=O)C1CN(c2cc(C)c3c(=O)c(C(=O)O)cn(-c4nc(F)cs4)c3n2)C1. The zero-order valence-corrected chi connectivity index (χ0v) is 18.8. The van der Waals surface area contributed by atoms with Gasteiger partial charge >= 0.3 is 5.97 Å². The molecular weight excluding hydrogens is 453 g/mol. The molecule has 1 fully saturated rings. The van der Waals surface area contributed by atoms with E-state index in [1.165, 1.54) is 9.95 Å². The molecule has 0 saturated carbocycles. The van der Waals surface area contributed by atoms with Crippen LogP contribution in [0.5, 0.6) is 0 Å². The summed E-state index contributed by atoms with van der Waals surface area (Å²) in [7, 11) is 0. The number of carbonyl (C=O) groups is 2. The Kier molecular flexibility index (Phi) is 6.38. The smallest absolute Gasteiger partial charge is 0.341 e. The third kappa shape index (κ3) is 4.44. The molecule has 1 saturated heterocycles. The number of nitrogens with one attached hydrogen (secondary N) is 1. The number of amides is 1. The summed E-state index contributed by atoms with van der Waals surface area (Å²) in [6.45, 7) is 5.95. The van der Waals surface area contributed by atoms with Gasteiger partial charge in [-0.1, -0.05) is 0 Å². The Labute approximate surface area is 191 Å². The van der Waals surface area contributed by atoms with E-state index in [2.05, 4.69) is 15.3 Å². The molecule has 0 aliphatic carbocycles. The van der Waals surface area contributed by atoms with Crippen LogP contribution in [0.1, 0.15) is 22.8 Å². The lowest BCUT2D eigenvalue weighted by Gasteiger charge is -2.39. The topological polar surface area (TPSA) is 127 Å². The fourth-order valence-electron chi connectivity index (χ4n) is 3.66. The first kappa shape index (κ1) is 22.8. The lowest BCUT2D eigenvalue weighted by molar-refractivity contribution is -0.125. The summed E-state index contributed by atoms with van der Waals surface area (Å²) in [6, 6.07) is 1.69. The van der Waals surface area contributed by atoms with E-state index in [-0.39, 0.29) is 28.0 Å². The minimum absolute atomic E-state index is 0.0651. The molecule has 0 atom stereocenters. The van der Waals surface area contributed by atoms with Crippen LogP contribution in [0.4, 0.5) is 10.2 Å². The monoisotopic (exact) mass is 475 g/mol. The van der Waals surface area contributed by atoms with Crippen LogP contribution in [0.25, 0.3) is 16.2 Å². The first-order valence-corrected chi connectivity index (χ1v) is 11.2. The minimum atomic E-state index is -1.39. The van der Waals surface area contributed by atoms with E-state index >= 15 is 0 Å². The van der Waals surface area contributed by atoms with Gasteiger partial charge in [-0.2, -0.15) is 9.37 Å². The number of pyridine rings is 2. The van der Waals surface area contributed by atoms with Gasteiger partial charge in [-0.05, 0) is 25.5 Å².